The number of hydrogen-bond donors (Lipinski definition) is 1. The highest BCUT2D eigenvalue weighted by atomic mass is 32.1. The molecule has 1 atom stereocenters. The van der Waals surface area contributed by atoms with Crippen LogP contribution < -0.4 is 5.32 Å². The van der Waals surface area contributed by atoms with E-state index in [-0.39, 0.29) is 6.04 Å². The van der Waals surface area contributed by atoms with Crippen LogP contribution in [0.15, 0.2) is 40.1 Å². The molecule has 1 unspecified atom stereocenters. The van der Waals surface area contributed by atoms with E-state index in [4.69, 9.17) is 4.42 Å². The van der Waals surface area contributed by atoms with Crippen molar-refractivity contribution in [1.29, 1.82) is 0 Å². The zero-order valence-electron chi connectivity index (χ0n) is 11.7. The van der Waals surface area contributed by atoms with Gasteiger partial charge in [0.15, 0.2) is 11.5 Å². The summed E-state index contributed by atoms with van der Waals surface area (Å²) in [6, 6.07) is 10.3. The van der Waals surface area contributed by atoms with Crippen LogP contribution in [0.4, 0.5) is 0 Å². The molecule has 3 rings (SSSR count). The smallest absolute Gasteiger partial charge is 0.197 e. The van der Waals surface area contributed by atoms with Crippen molar-refractivity contribution in [2.75, 3.05) is 6.54 Å². The molecule has 0 aliphatic carbocycles. The summed E-state index contributed by atoms with van der Waals surface area (Å²) in [5.41, 5.74) is 3.12. The first kappa shape index (κ1) is 13.3. The van der Waals surface area contributed by atoms with Crippen LogP contribution in [0.1, 0.15) is 29.3 Å². The van der Waals surface area contributed by atoms with Crippen LogP contribution >= 0.6 is 11.3 Å². The van der Waals surface area contributed by atoms with Crippen LogP contribution in [-0.2, 0) is 6.42 Å². The van der Waals surface area contributed by atoms with Crippen molar-refractivity contribution < 1.29 is 4.42 Å². The molecule has 20 heavy (non-hydrogen) atoms. The molecule has 0 aliphatic rings. The summed E-state index contributed by atoms with van der Waals surface area (Å²) in [7, 11) is 0. The van der Waals surface area contributed by atoms with E-state index >= 15 is 0 Å². The Bertz CT molecular complexity index is 668. The third-order valence-electron chi connectivity index (χ3n) is 3.39. The summed E-state index contributed by atoms with van der Waals surface area (Å²) in [6.07, 6.45) is 0.782. The van der Waals surface area contributed by atoms with E-state index in [2.05, 4.69) is 35.6 Å². The lowest BCUT2D eigenvalue weighted by atomic mass is 10.1. The van der Waals surface area contributed by atoms with Gasteiger partial charge in [0.1, 0.15) is 5.52 Å². The molecule has 1 aromatic carbocycles. The summed E-state index contributed by atoms with van der Waals surface area (Å²) in [5.74, 6) is 0.796. The zero-order chi connectivity index (χ0) is 13.9. The van der Waals surface area contributed by atoms with Gasteiger partial charge in [0, 0.05) is 11.3 Å². The lowest BCUT2D eigenvalue weighted by Gasteiger charge is -2.15. The lowest BCUT2D eigenvalue weighted by Crippen LogP contribution is -2.22. The Morgan fingerprint density at radius 2 is 2.15 bits per heavy atom. The first-order chi connectivity index (χ1) is 9.78. The molecule has 2 aromatic heterocycles. The largest absolute Gasteiger partial charge is 0.441 e. The van der Waals surface area contributed by atoms with Crippen molar-refractivity contribution >= 4 is 22.4 Å². The number of hydrogen-bond acceptors (Lipinski definition) is 4. The monoisotopic (exact) mass is 286 g/mol. The van der Waals surface area contributed by atoms with Crippen molar-refractivity contribution in [3.8, 4) is 0 Å². The Morgan fingerprint density at radius 3 is 2.85 bits per heavy atom. The third kappa shape index (κ3) is 2.62. The van der Waals surface area contributed by atoms with Gasteiger partial charge in [0.2, 0.25) is 0 Å². The molecule has 3 aromatic rings. The van der Waals surface area contributed by atoms with Crippen LogP contribution in [0, 0.1) is 6.92 Å². The fourth-order valence-electron chi connectivity index (χ4n) is 2.43. The zero-order valence-corrected chi connectivity index (χ0v) is 12.5. The van der Waals surface area contributed by atoms with Gasteiger partial charge in [0.25, 0.3) is 0 Å². The van der Waals surface area contributed by atoms with E-state index in [1.54, 1.807) is 11.3 Å². The van der Waals surface area contributed by atoms with E-state index in [1.165, 1.54) is 10.4 Å². The average Bonchev–Trinajstić information content (AvgIpc) is 3.03. The Hall–Kier alpha value is -1.65. The second-order valence-corrected chi connectivity index (χ2v) is 5.81. The summed E-state index contributed by atoms with van der Waals surface area (Å²) < 4.78 is 5.84. The predicted octanol–water partition coefficient (Wildman–Crippen LogP) is 4.09. The quantitative estimate of drug-likeness (QED) is 0.767. The van der Waals surface area contributed by atoms with E-state index in [1.807, 2.05) is 24.3 Å². The number of aromatic nitrogens is 1. The van der Waals surface area contributed by atoms with Gasteiger partial charge in [-0.25, -0.2) is 4.98 Å². The minimum absolute atomic E-state index is 0.271. The molecule has 0 aliphatic heterocycles. The van der Waals surface area contributed by atoms with E-state index in [0.717, 1.165) is 30.0 Å². The molecule has 0 radical (unpaired) electrons. The van der Waals surface area contributed by atoms with Gasteiger partial charge in [0.05, 0.1) is 6.04 Å². The van der Waals surface area contributed by atoms with Crippen molar-refractivity contribution in [3.63, 3.8) is 0 Å². The Morgan fingerprint density at radius 1 is 1.30 bits per heavy atom. The van der Waals surface area contributed by atoms with E-state index in [9.17, 15) is 0 Å². The molecule has 1 N–H and O–H groups in total. The fourth-order valence-corrected chi connectivity index (χ4v) is 3.43. The minimum Gasteiger partial charge on any atom is -0.441 e. The van der Waals surface area contributed by atoms with Gasteiger partial charge in [-0.15, -0.1) is 11.3 Å². The lowest BCUT2D eigenvalue weighted by molar-refractivity contribution is 0.463. The van der Waals surface area contributed by atoms with E-state index in [0.29, 0.717) is 0 Å². The molecular weight excluding hydrogens is 268 g/mol. The fraction of sp³-hybridized carbons (Fsp3) is 0.312. The summed E-state index contributed by atoms with van der Waals surface area (Å²) >= 11 is 1.79. The highest BCUT2D eigenvalue weighted by molar-refractivity contribution is 7.10. The number of para-hydroxylation sites is 2. The van der Waals surface area contributed by atoms with E-state index < -0.39 is 0 Å². The molecule has 104 valence electrons. The maximum atomic E-state index is 5.84. The van der Waals surface area contributed by atoms with Crippen LogP contribution in [-0.4, -0.2) is 11.5 Å². The molecule has 0 saturated heterocycles. The van der Waals surface area contributed by atoms with Crippen molar-refractivity contribution in [1.82, 2.24) is 10.3 Å². The average molecular weight is 286 g/mol. The number of oxazole rings is 1. The summed E-state index contributed by atoms with van der Waals surface area (Å²) in [4.78, 5) is 5.94. The molecule has 3 nitrogen and oxygen atoms in total. The third-order valence-corrected chi connectivity index (χ3v) is 4.52. The number of nitrogens with one attached hydrogen (secondary N) is 1. The Kier molecular flexibility index (Phi) is 3.85. The second kappa shape index (κ2) is 5.77. The summed E-state index contributed by atoms with van der Waals surface area (Å²) in [5, 5.41) is 5.67. The first-order valence-corrected chi connectivity index (χ1v) is 7.77. The minimum atomic E-state index is 0.271. The number of fused-ring (bicyclic) bond motifs is 1. The number of likely N-dealkylation sites (N-methyl/N-ethyl adjacent to an activating group) is 1. The standard InChI is InChI=1S/C16H18N2OS/c1-3-17-13(16-11(2)8-9-20-16)10-15-18-12-6-4-5-7-14(12)19-15/h4-9,13,17H,3,10H2,1-2H3. The summed E-state index contributed by atoms with van der Waals surface area (Å²) in [6.45, 7) is 5.21. The number of thiophene rings is 1. The second-order valence-electron chi connectivity index (χ2n) is 4.86. The number of nitrogens with zero attached hydrogens (tertiary/aromatic N) is 1. The Labute approximate surface area is 122 Å². The molecular formula is C16H18N2OS. The molecule has 4 heteroatoms. The van der Waals surface area contributed by atoms with Gasteiger partial charge in [-0.3, -0.25) is 0 Å². The van der Waals surface area contributed by atoms with Crippen LogP contribution in [0.5, 0.6) is 0 Å². The van der Waals surface area contributed by atoms with Crippen LogP contribution in [0.2, 0.25) is 0 Å². The first-order valence-electron chi connectivity index (χ1n) is 6.89. The van der Waals surface area contributed by atoms with Crippen LogP contribution in [0.3, 0.4) is 0 Å². The highest BCUT2D eigenvalue weighted by Crippen LogP contribution is 2.27. The van der Waals surface area contributed by atoms with Gasteiger partial charge >= 0.3 is 0 Å². The molecule has 0 bridgehead atoms. The molecule has 0 amide bonds. The van der Waals surface area contributed by atoms with Crippen molar-refractivity contribution in [2.45, 2.75) is 26.3 Å². The highest BCUT2D eigenvalue weighted by Gasteiger charge is 2.18. The Balaban J connectivity index is 1.88. The van der Waals surface area contributed by atoms with Gasteiger partial charge in [-0.05, 0) is 42.6 Å². The van der Waals surface area contributed by atoms with Gasteiger partial charge < -0.3 is 9.73 Å². The molecule has 0 fully saturated rings. The van der Waals surface area contributed by atoms with Crippen molar-refractivity contribution in [3.05, 3.63) is 52.0 Å². The predicted molar refractivity (Wildman–Crippen MR) is 83.2 cm³/mol. The normalized spacial score (nSPS) is 12.9. The topological polar surface area (TPSA) is 38.1 Å². The van der Waals surface area contributed by atoms with Crippen LogP contribution in [0.25, 0.3) is 11.1 Å². The van der Waals surface area contributed by atoms with Crippen molar-refractivity contribution in [2.24, 2.45) is 0 Å². The maximum absolute atomic E-state index is 5.84. The molecule has 0 spiro atoms. The van der Waals surface area contributed by atoms with Gasteiger partial charge in [-0.2, -0.15) is 0 Å². The SMILES string of the molecule is CCNC(Cc1nc2ccccc2o1)c1sccc1C. The van der Waals surface area contributed by atoms with Gasteiger partial charge in [-0.1, -0.05) is 19.1 Å². The molecule has 2 heterocycles. The number of benzene rings is 1. The molecule has 0 saturated carbocycles. The number of rotatable bonds is 5. The number of aryl methyl sites for hydroxylation is 1. The maximum Gasteiger partial charge on any atom is 0.197 e.